The number of fused-ring (bicyclic) bond motifs is 1. The Kier molecular flexibility index (Phi) is 5.99. The molecule has 0 aliphatic carbocycles. The van der Waals surface area contributed by atoms with E-state index in [2.05, 4.69) is 4.74 Å². The Bertz CT molecular complexity index is 521. The smallest absolute Gasteiger partial charge is 0.306 e. The van der Waals surface area contributed by atoms with Crippen molar-refractivity contribution < 1.29 is 14.3 Å². The number of thioether (sulfide) groups is 2. The molecule has 21 heavy (non-hydrogen) atoms. The normalized spacial score (nSPS) is 15.2. The molecule has 0 bridgehead atoms. The van der Waals surface area contributed by atoms with Gasteiger partial charge in [-0.15, -0.1) is 23.5 Å². The van der Waals surface area contributed by atoms with Gasteiger partial charge in [-0.25, -0.2) is 0 Å². The minimum absolute atomic E-state index is 0.0795. The Hall–Kier alpha value is -1.14. The van der Waals surface area contributed by atoms with Gasteiger partial charge in [-0.1, -0.05) is 19.1 Å². The summed E-state index contributed by atoms with van der Waals surface area (Å²) in [6, 6.07) is 7.99. The van der Waals surface area contributed by atoms with Crippen LogP contribution in [0, 0.1) is 0 Å². The van der Waals surface area contributed by atoms with Crippen molar-refractivity contribution in [3.05, 3.63) is 24.3 Å². The first kappa shape index (κ1) is 16.2. The van der Waals surface area contributed by atoms with Crippen LogP contribution in [-0.2, 0) is 14.3 Å². The molecule has 1 unspecified atom stereocenters. The Balaban J connectivity index is 1.91. The van der Waals surface area contributed by atoms with Gasteiger partial charge in [0, 0.05) is 22.4 Å². The molecule has 0 N–H and O–H groups in total. The van der Waals surface area contributed by atoms with E-state index in [0.717, 1.165) is 22.9 Å². The third-order valence-electron chi connectivity index (χ3n) is 3.20. The van der Waals surface area contributed by atoms with Crippen LogP contribution in [0.25, 0.3) is 0 Å². The van der Waals surface area contributed by atoms with Crippen LogP contribution < -0.4 is 4.90 Å². The molecule has 0 fully saturated rings. The second-order valence-electron chi connectivity index (χ2n) is 4.76. The molecular formula is C15H19NO3S2. The second-order valence-corrected chi connectivity index (χ2v) is 7.33. The van der Waals surface area contributed by atoms with E-state index in [9.17, 15) is 9.59 Å². The highest BCUT2D eigenvalue weighted by molar-refractivity contribution is 8.00. The molecule has 114 valence electrons. The Labute approximate surface area is 133 Å². The molecule has 1 aromatic rings. The first-order chi connectivity index (χ1) is 10.1. The fourth-order valence-electron chi connectivity index (χ4n) is 2.10. The quantitative estimate of drug-likeness (QED) is 0.779. The van der Waals surface area contributed by atoms with E-state index >= 15 is 0 Å². The summed E-state index contributed by atoms with van der Waals surface area (Å²) in [6.45, 7) is 2.68. The standard InChI is InChI=1S/C15H19NO3S2/c1-11(9-15(18)19-2)21-10-14(17)16-7-8-20-13-6-4-3-5-12(13)16/h3-6,11H,7-10H2,1-2H3. The summed E-state index contributed by atoms with van der Waals surface area (Å²) in [5.74, 6) is 1.18. The fraction of sp³-hybridized carbons (Fsp3) is 0.467. The third kappa shape index (κ3) is 4.41. The number of nitrogens with zero attached hydrogens (tertiary/aromatic N) is 1. The van der Waals surface area contributed by atoms with Crippen LogP contribution >= 0.6 is 23.5 Å². The van der Waals surface area contributed by atoms with Gasteiger partial charge in [0.15, 0.2) is 0 Å². The average Bonchev–Trinajstić information content (AvgIpc) is 2.51. The largest absolute Gasteiger partial charge is 0.469 e. The van der Waals surface area contributed by atoms with Crippen molar-refractivity contribution in [3.63, 3.8) is 0 Å². The maximum Gasteiger partial charge on any atom is 0.306 e. The molecule has 1 aliphatic rings. The predicted molar refractivity (Wildman–Crippen MR) is 88.1 cm³/mol. The minimum Gasteiger partial charge on any atom is -0.469 e. The van der Waals surface area contributed by atoms with Crippen LogP contribution in [0.4, 0.5) is 5.69 Å². The molecule has 0 spiro atoms. The summed E-state index contributed by atoms with van der Waals surface area (Å²) >= 11 is 3.28. The van der Waals surface area contributed by atoms with Gasteiger partial charge in [-0.2, -0.15) is 0 Å². The molecule has 1 aliphatic heterocycles. The van der Waals surface area contributed by atoms with Crippen LogP contribution in [0.1, 0.15) is 13.3 Å². The molecule has 0 radical (unpaired) electrons. The van der Waals surface area contributed by atoms with Gasteiger partial charge < -0.3 is 9.64 Å². The Morgan fingerprint density at radius 1 is 1.43 bits per heavy atom. The number of anilines is 1. The number of carbonyl (C=O) groups excluding carboxylic acids is 2. The number of carbonyl (C=O) groups is 2. The molecule has 1 amide bonds. The van der Waals surface area contributed by atoms with E-state index in [0.29, 0.717) is 12.2 Å². The molecule has 2 rings (SSSR count). The van der Waals surface area contributed by atoms with Crippen molar-refractivity contribution in [2.75, 3.05) is 30.1 Å². The first-order valence-electron chi connectivity index (χ1n) is 6.82. The van der Waals surface area contributed by atoms with Gasteiger partial charge in [-0.3, -0.25) is 9.59 Å². The highest BCUT2D eigenvalue weighted by Crippen LogP contribution is 2.34. The summed E-state index contributed by atoms with van der Waals surface area (Å²) in [4.78, 5) is 26.6. The number of amides is 1. The van der Waals surface area contributed by atoms with Crippen LogP contribution in [0.2, 0.25) is 0 Å². The van der Waals surface area contributed by atoms with E-state index in [1.165, 1.54) is 18.9 Å². The number of benzene rings is 1. The molecule has 1 heterocycles. The monoisotopic (exact) mass is 325 g/mol. The molecule has 0 saturated heterocycles. The van der Waals surface area contributed by atoms with E-state index in [1.807, 2.05) is 36.1 Å². The zero-order valence-corrected chi connectivity index (χ0v) is 13.8. The van der Waals surface area contributed by atoms with E-state index < -0.39 is 0 Å². The van der Waals surface area contributed by atoms with Crippen molar-refractivity contribution >= 4 is 41.1 Å². The summed E-state index contributed by atoms with van der Waals surface area (Å²) in [6.07, 6.45) is 0.334. The van der Waals surface area contributed by atoms with Crippen LogP contribution in [0.3, 0.4) is 0 Å². The van der Waals surface area contributed by atoms with Crippen molar-refractivity contribution in [3.8, 4) is 0 Å². The summed E-state index contributed by atoms with van der Waals surface area (Å²) in [5, 5.41) is 0.0795. The number of hydrogen-bond acceptors (Lipinski definition) is 5. The Morgan fingerprint density at radius 2 is 2.19 bits per heavy atom. The van der Waals surface area contributed by atoms with Gasteiger partial charge in [0.25, 0.3) is 0 Å². The van der Waals surface area contributed by atoms with E-state index in [1.54, 1.807) is 11.8 Å². The van der Waals surface area contributed by atoms with E-state index in [-0.39, 0.29) is 17.1 Å². The molecule has 6 heteroatoms. The molecule has 4 nitrogen and oxygen atoms in total. The lowest BCUT2D eigenvalue weighted by atomic mass is 10.3. The minimum atomic E-state index is -0.234. The topological polar surface area (TPSA) is 46.6 Å². The zero-order chi connectivity index (χ0) is 15.2. The number of methoxy groups -OCH3 is 1. The Morgan fingerprint density at radius 3 is 2.95 bits per heavy atom. The molecular weight excluding hydrogens is 306 g/mol. The molecule has 0 aromatic heterocycles. The number of para-hydroxylation sites is 1. The van der Waals surface area contributed by atoms with Gasteiger partial charge in [0.05, 0.1) is 25.0 Å². The van der Waals surface area contributed by atoms with Gasteiger partial charge >= 0.3 is 5.97 Å². The second kappa shape index (κ2) is 7.75. The lowest BCUT2D eigenvalue weighted by Crippen LogP contribution is -2.37. The molecule has 0 saturated carbocycles. The summed E-state index contributed by atoms with van der Waals surface area (Å²) < 4.78 is 4.64. The first-order valence-corrected chi connectivity index (χ1v) is 8.86. The van der Waals surface area contributed by atoms with Crippen molar-refractivity contribution in [2.45, 2.75) is 23.5 Å². The lowest BCUT2D eigenvalue weighted by molar-refractivity contribution is -0.140. The highest BCUT2D eigenvalue weighted by Gasteiger charge is 2.23. The number of hydrogen-bond donors (Lipinski definition) is 0. The fourth-order valence-corrected chi connectivity index (χ4v) is 3.93. The number of rotatable bonds is 5. The number of esters is 1. The third-order valence-corrected chi connectivity index (χ3v) is 5.39. The van der Waals surface area contributed by atoms with Crippen LogP contribution in [0.15, 0.2) is 29.2 Å². The van der Waals surface area contributed by atoms with Crippen molar-refractivity contribution in [2.24, 2.45) is 0 Å². The zero-order valence-electron chi connectivity index (χ0n) is 12.2. The van der Waals surface area contributed by atoms with Crippen molar-refractivity contribution in [1.29, 1.82) is 0 Å². The lowest BCUT2D eigenvalue weighted by Gasteiger charge is -2.29. The summed E-state index contributed by atoms with van der Waals surface area (Å²) in [7, 11) is 1.38. The van der Waals surface area contributed by atoms with Gasteiger partial charge in [-0.05, 0) is 12.1 Å². The maximum atomic E-state index is 12.4. The van der Waals surface area contributed by atoms with Gasteiger partial charge in [0.1, 0.15) is 0 Å². The molecule has 1 atom stereocenters. The van der Waals surface area contributed by atoms with Crippen LogP contribution in [-0.4, -0.2) is 42.3 Å². The maximum absolute atomic E-state index is 12.4. The van der Waals surface area contributed by atoms with Crippen molar-refractivity contribution in [1.82, 2.24) is 0 Å². The van der Waals surface area contributed by atoms with Gasteiger partial charge in [0.2, 0.25) is 5.91 Å². The average molecular weight is 325 g/mol. The number of ether oxygens (including phenoxy) is 1. The molecule has 1 aromatic carbocycles. The highest BCUT2D eigenvalue weighted by atomic mass is 32.2. The van der Waals surface area contributed by atoms with Crippen LogP contribution in [0.5, 0.6) is 0 Å². The summed E-state index contributed by atoms with van der Waals surface area (Å²) in [5.41, 5.74) is 1.000. The SMILES string of the molecule is COC(=O)CC(C)SCC(=O)N1CCSc2ccccc21. The van der Waals surface area contributed by atoms with E-state index in [4.69, 9.17) is 0 Å². The predicted octanol–water partition coefficient (Wildman–Crippen LogP) is 2.81.